The van der Waals surface area contributed by atoms with Crippen LogP contribution in [0.3, 0.4) is 0 Å². The lowest BCUT2D eigenvalue weighted by Crippen LogP contribution is -2.07. The number of nitrogens with two attached hydrogens (primary N) is 1. The Morgan fingerprint density at radius 2 is 1.64 bits per heavy atom. The summed E-state index contributed by atoms with van der Waals surface area (Å²) < 4.78 is 10.4. The van der Waals surface area contributed by atoms with Crippen molar-refractivity contribution in [1.29, 1.82) is 0 Å². The van der Waals surface area contributed by atoms with Gasteiger partial charge in [0.25, 0.3) is 0 Å². The van der Waals surface area contributed by atoms with Gasteiger partial charge in [-0.25, -0.2) is 0 Å². The van der Waals surface area contributed by atoms with E-state index < -0.39 is 0 Å². The molecule has 0 fully saturated rings. The summed E-state index contributed by atoms with van der Waals surface area (Å²) in [7, 11) is 3.25. The van der Waals surface area contributed by atoms with E-state index in [0.29, 0.717) is 0 Å². The Bertz CT molecular complexity index is 321. The third-order valence-corrected chi connectivity index (χ3v) is 2.26. The molecule has 0 aliphatic carbocycles. The summed E-state index contributed by atoms with van der Waals surface area (Å²) >= 11 is 0. The van der Waals surface area contributed by atoms with Crippen LogP contribution in [0.1, 0.15) is 24.1 Å². The lowest BCUT2D eigenvalue weighted by molar-refractivity contribution is 0.354. The molecular formula is C11H17NO2. The van der Waals surface area contributed by atoms with Crippen molar-refractivity contribution in [2.75, 3.05) is 14.2 Å². The van der Waals surface area contributed by atoms with Crippen LogP contribution in [0.5, 0.6) is 11.5 Å². The van der Waals surface area contributed by atoms with Crippen LogP contribution in [0.25, 0.3) is 0 Å². The molecule has 2 N–H and O–H groups in total. The van der Waals surface area contributed by atoms with Gasteiger partial charge in [-0.3, -0.25) is 0 Å². The zero-order valence-electron chi connectivity index (χ0n) is 9.13. The molecule has 3 heteroatoms. The predicted octanol–water partition coefficient (Wildman–Crippen LogP) is 2.03. The molecule has 0 aromatic heterocycles. The Hall–Kier alpha value is -1.22. The lowest BCUT2D eigenvalue weighted by atomic mass is 10.0. The highest BCUT2D eigenvalue weighted by Gasteiger charge is 2.10. The second-order valence-electron chi connectivity index (χ2n) is 3.35. The molecule has 0 unspecified atom stereocenters. The van der Waals surface area contributed by atoms with E-state index in [0.717, 1.165) is 22.6 Å². The van der Waals surface area contributed by atoms with Gasteiger partial charge < -0.3 is 15.2 Å². The van der Waals surface area contributed by atoms with Crippen molar-refractivity contribution in [3.05, 3.63) is 23.3 Å². The van der Waals surface area contributed by atoms with Crippen molar-refractivity contribution >= 4 is 0 Å². The molecule has 3 nitrogen and oxygen atoms in total. The number of rotatable bonds is 3. The number of aryl methyl sites for hydroxylation is 1. The highest BCUT2D eigenvalue weighted by molar-refractivity contribution is 5.47. The van der Waals surface area contributed by atoms with Gasteiger partial charge in [-0.1, -0.05) is 0 Å². The van der Waals surface area contributed by atoms with Crippen LogP contribution in [0.15, 0.2) is 12.1 Å². The quantitative estimate of drug-likeness (QED) is 0.802. The minimum atomic E-state index is 0.00908. The van der Waals surface area contributed by atoms with Crippen LogP contribution in [0.2, 0.25) is 0 Å². The third-order valence-electron chi connectivity index (χ3n) is 2.26. The summed E-state index contributed by atoms with van der Waals surface area (Å²) in [5.74, 6) is 1.47. The first kappa shape index (κ1) is 10.9. The normalized spacial score (nSPS) is 12.4. The molecule has 14 heavy (non-hydrogen) atoms. The summed E-state index contributed by atoms with van der Waals surface area (Å²) in [6.45, 7) is 3.97. The largest absolute Gasteiger partial charge is 0.493 e. The summed E-state index contributed by atoms with van der Waals surface area (Å²) in [5, 5.41) is 0. The zero-order chi connectivity index (χ0) is 10.7. The fourth-order valence-electron chi connectivity index (χ4n) is 1.49. The number of benzene rings is 1. The number of hydrogen-bond donors (Lipinski definition) is 1. The molecule has 0 heterocycles. The van der Waals surface area contributed by atoms with Crippen molar-refractivity contribution < 1.29 is 9.47 Å². The summed E-state index contributed by atoms with van der Waals surface area (Å²) in [5.41, 5.74) is 8.04. The van der Waals surface area contributed by atoms with Gasteiger partial charge in [-0.15, -0.1) is 0 Å². The van der Waals surface area contributed by atoms with Crippen molar-refractivity contribution in [2.45, 2.75) is 19.9 Å². The molecule has 1 aromatic carbocycles. The van der Waals surface area contributed by atoms with E-state index in [2.05, 4.69) is 0 Å². The standard InChI is InChI=1S/C11H17NO2/c1-7-5-10(13-3)11(14-4)6-9(7)8(2)12/h5-6,8H,12H2,1-4H3/t8-/m1/s1. The van der Waals surface area contributed by atoms with E-state index in [-0.39, 0.29) is 6.04 Å². The van der Waals surface area contributed by atoms with E-state index >= 15 is 0 Å². The van der Waals surface area contributed by atoms with Crippen molar-refractivity contribution in [3.8, 4) is 11.5 Å². The number of methoxy groups -OCH3 is 2. The van der Waals surface area contributed by atoms with Crippen LogP contribution >= 0.6 is 0 Å². The molecule has 0 bridgehead atoms. The molecule has 0 amide bonds. The first-order valence-electron chi connectivity index (χ1n) is 4.58. The molecule has 0 saturated heterocycles. The molecule has 1 aromatic rings. The maximum absolute atomic E-state index is 5.83. The minimum Gasteiger partial charge on any atom is -0.493 e. The maximum Gasteiger partial charge on any atom is 0.161 e. The maximum atomic E-state index is 5.83. The fraction of sp³-hybridized carbons (Fsp3) is 0.455. The van der Waals surface area contributed by atoms with Crippen LogP contribution < -0.4 is 15.2 Å². The summed E-state index contributed by atoms with van der Waals surface area (Å²) in [6.07, 6.45) is 0. The van der Waals surface area contributed by atoms with Crippen molar-refractivity contribution in [1.82, 2.24) is 0 Å². The molecule has 0 aliphatic rings. The minimum absolute atomic E-state index is 0.00908. The van der Waals surface area contributed by atoms with E-state index in [1.54, 1.807) is 14.2 Å². The Kier molecular flexibility index (Phi) is 3.36. The van der Waals surface area contributed by atoms with E-state index in [4.69, 9.17) is 15.2 Å². The number of hydrogen-bond acceptors (Lipinski definition) is 3. The molecule has 0 spiro atoms. The smallest absolute Gasteiger partial charge is 0.161 e. The SMILES string of the molecule is COc1cc(C)c([C@@H](C)N)cc1OC. The van der Waals surface area contributed by atoms with E-state index in [1.165, 1.54) is 0 Å². The van der Waals surface area contributed by atoms with Crippen molar-refractivity contribution in [2.24, 2.45) is 5.73 Å². The van der Waals surface area contributed by atoms with Gasteiger partial charge in [0.2, 0.25) is 0 Å². The Labute approximate surface area is 84.8 Å². The first-order chi connectivity index (χ1) is 6.60. The topological polar surface area (TPSA) is 44.5 Å². The van der Waals surface area contributed by atoms with Gasteiger partial charge >= 0.3 is 0 Å². The van der Waals surface area contributed by atoms with Gasteiger partial charge in [0.05, 0.1) is 14.2 Å². The van der Waals surface area contributed by atoms with Gasteiger partial charge in [0.15, 0.2) is 11.5 Å². The molecule has 0 aliphatic heterocycles. The second kappa shape index (κ2) is 4.33. The highest BCUT2D eigenvalue weighted by Crippen LogP contribution is 2.32. The number of ether oxygens (including phenoxy) is 2. The monoisotopic (exact) mass is 195 g/mol. The van der Waals surface area contributed by atoms with Crippen molar-refractivity contribution in [3.63, 3.8) is 0 Å². The van der Waals surface area contributed by atoms with Crippen LogP contribution in [0, 0.1) is 6.92 Å². The lowest BCUT2D eigenvalue weighted by Gasteiger charge is -2.14. The van der Waals surface area contributed by atoms with Crippen LogP contribution in [0.4, 0.5) is 0 Å². The molecule has 0 saturated carbocycles. The van der Waals surface area contributed by atoms with Crippen LogP contribution in [-0.2, 0) is 0 Å². The van der Waals surface area contributed by atoms with E-state index in [9.17, 15) is 0 Å². The van der Waals surface area contributed by atoms with Gasteiger partial charge in [0, 0.05) is 6.04 Å². The average molecular weight is 195 g/mol. The molecule has 78 valence electrons. The molecule has 1 rings (SSSR count). The van der Waals surface area contributed by atoms with Crippen LogP contribution in [-0.4, -0.2) is 14.2 Å². The van der Waals surface area contributed by atoms with Gasteiger partial charge in [0.1, 0.15) is 0 Å². The highest BCUT2D eigenvalue weighted by atomic mass is 16.5. The van der Waals surface area contributed by atoms with Gasteiger partial charge in [-0.2, -0.15) is 0 Å². The summed E-state index contributed by atoms with van der Waals surface area (Å²) in [6, 6.07) is 3.88. The molecule has 1 atom stereocenters. The zero-order valence-corrected chi connectivity index (χ0v) is 9.13. The van der Waals surface area contributed by atoms with Gasteiger partial charge in [-0.05, 0) is 37.1 Å². The summed E-state index contributed by atoms with van der Waals surface area (Å²) in [4.78, 5) is 0. The molecular weight excluding hydrogens is 178 g/mol. The Morgan fingerprint density at radius 1 is 1.14 bits per heavy atom. The third kappa shape index (κ3) is 1.99. The Balaban J connectivity index is 3.23. The van der Waals surface area contributed by atoms with E-state index in [1.807, 2.05) is 26.0 Å². The fourth-order valence-corrected chi connectivity index (χ4v) is 1.49. The first-order valence-corrected chi connectivity index (χ1v) is 4.58. The molecule has 0 radical (unpaired) electrons. The average Bonchev–Trinajstić information content (AvgIpc) is 2.16. The Morgan fingerprint density at radius 3 is 2.07 bits per heavy atom. The second-order valence-corrected chi connectivity index (χ2v) is 3.35. The predicted molar refractivity (Wildman–Crippen MR) is 56.9 cm³/mol.